The van der Waals surface area contributed by atoms with Gasteiger partial charge in [0.15, 0.2) is 0 Å². The summed E-state index contributed by atoms with van der Waals surface area (Å²) in [5, 5.41) is 6.98. The summed E-state index contributed by atoms with van der Waals surface area (Å²) in [5.41, 5.74) is 0.974. The first-order valence-corrected chi connectivity index (χ1v) is 6.95. The summed E-state index contributed by atoms with van der Waals surface area (Å²) in [6.45, 7) is 1.35. The van der Waals surface area contributed by atoms with Crippen molar-refractivity contribution in [1.82, 2.24) is 9.78 Å². The minimum Gasteiger partial charge on any atom is -0.497 e. The third-order valence-electron chi connectivity index (χ3n) is 3.45. The molecule has 1 aliphatic heterocycles. The normalized spacial score (nSPS) is 13.0. The van der Waals surface area contributed by atoms with Crippen LogP contribution in [0.1, 0.15) is 16.8 Å². The van der Waals surface area contributed by atoms with Crippen molar-refractivity contribution in [2.75, 3.05) is 26.1 Å². The number of carbonyl (C=O) groups excluding carboxylic acids is 1. The van der Waals surface area contributed by atoms with E-state index >= 15 is 0 Å². The van der Waals surface area contributed by atoms with Crippen molar-refractivity contribution in [3.8, 4) is 17.4 Å². The lowest BCUT2D eigenvalue weighted by Gasteiger charge is -2.16. The molecule has 0 atom stereocenters. The van der Waals surface area contributed by atoms with Gasteiger partial charge in [0.05, 0.1) is 32.7 Å². The maximum atomic E-state index is 12.4. The van der Waals surface area contributed by atoms with E-state index in [1.807, 2.05) is 0 Å². The molecule has 1 aromatic carbocycles. The minimum absolute atomic E-state index is 0.286. The van der Waals surface area contributed by atoms with Gasteiger partial charge in [0.25, 0.3) is 5.91 Å². The number of hydrogen-bond acceptors (Lipinski definition) is 5. The van der Waals surface area contributed by atoms with Crippen LogP contribution in [-0.4, -0.2) is 36.5 Å². The highest BCUT2D eigenvalue weighted by atomic mass is 16.5. The molecule has 0 saturated heterocycles. The predicted molar refractivity (Wildman–Crippen MR) is 79.8 cm³/mol. The monoisotopic (exact) mass is 303 g/mol. The lowest BCUT2D eigenvalue weighted by molar-refractivity contribution is 0.102. The van der Waals surface area contributed by atoms with Crippen LogP contribution in [0, 0.1) is 0 Å². The Bertz CT molecular complexity index is 696. The van der Waals surface area contributed by atoms with Crippen LogP contribution in [0.25, 0.3) is 0 Å². The van der Waals surface area contributed by atoms with Crippen molar-refractivity contribution in [2.45, 2.75) is 13.0 Å². The van der Waals surface area contributed by atoms with Crippen molar-refractivity contribution in [1.29, 1.82) is 0 Å². The maximum Gasteiger partial charge on any atom is 0.262 e. The molecule has 1 aliphatic rings. The number of nitrogens with zero attached hydrogens (tertiary/aromatic N) is 2. The second-order valence-corrected chi connectivity index (χ2v) is 4.81. The van der Waals surface area contributed by atoms with Gasteiger partial charge in [-0.25, -0.2) is 4.68 Å². The van der Waals surface area contributed by atoms with Crippen molar-refractivity contribution < 1.29 is 19.0 Å². The van der Waals surface area contributed by atoms with E-state index in [1.165, 1.54) is 13.3 Å². The Hall–Kier alpha value is -2.70. The van der Waals surface area contributed by atoms with Crippen molar-refractivity contribution in [3.05, 3.63) is 30.0 Å². The smallest absolute Gasteiger partial charge is 0.262 e. The average molecular weight is 303 g/mol. The summed E-state index contributed by atoms with van der Waals surface area (Å²) in [4.78, 5) is 12.4. The first-order valence-electron chi connectivity index (χ1n) is 6.95. The molecule has 0 spiro atoms. The zero-order valence-electron chi connectivity index (χ0n) is 12.5. The van der Waals surface area contributed by atoms with Crippen LogP contribution in [0.3, 0.4) is 0 Å². The Kier molecular flexibility index (Phi) is 3.86. The van der Waals surface area contributed by atoms with Gasteiger partial charge in [-0.05, 0) is 12.1 Å². The largest absolute Gasteiger partial charge is 0.497 e. The number of nitrogens with one attached hydrogen (secondary N) is 1. The van der Waals surface area contributed by atoms with Crippen LogP contribution in [0.4, 0.5) is 5.69 Å². The van der Waals surface area contributed by atoms with E-state index < -0.39 is 0 Å². The molecule has 0 unspecified atom stereocenters. The molecule has 1 aromatic heterocycles. The zero-order chi connectivity index (χ0) is 15.5. The first kappa shape index (κ1) is 14.2. The van der Waals surface area contributed by atoms with E-state index in [-0.39, 0.29) is 5.91 Å². The minimum atomic E-state index is -0.286. The highest BCUT2D eigenvalue weighted by Gasteiger charge is 2.22. The van der Waals surface area contributed by atoms with Gasteiger partial charge in [0.1, 0.15) is 17.1 Å². The highest BCUT2D eigenvalue weighted by molar-refractivity contribution is 6.06. The molecule has 0 radical (unpaired) electrons. The van der Waals surface area contributed by atoms with E-state index in [0.717, 1.165) is 13.0 Å². The Morgan fingerprint density at radius 3 is 3.00 bits per heavy atom. The molecule has 22 heavy (non-hydrogen) atoms. The van der Waals surface area contributed by atoms with Gasteiger partial charge in [0, 0.05) is 19.0 Å². The number of benzene rings is 1. The SMILES string of the molecule is COc1ccc(NC(=O)c2cnn3c2OCCC3)c(OC)c1. The molecule has 2 aromatic rings. The predicted octanol–water partition coefficient (Wildman–Crippen LogP) is 1.94. The van der Waals surface area contributed by atoms with Gasteiger partial charge in [-0.2, -0.15) is 5.10 Å². The lowest BCUT2D eigenvalue weighted by Crippen LogP contribution is -2.18. The number of hydrogen-bond donors (Lipinski definition) is 1. The van der Waals surface area contributed by atoms with Gasteiger partial charge in [-0.3, -0.25) is 4.79 Å². The molecule has 2 heterocycles. The van der Waals surface area contributed by atoms with Gasteiger partial charge >= 0.3 is 0 Å². The second kappa shape index (κ2) is 5.97. The molecule has 0 fully saturated rings. The number of rotatable bonds is 4. The maximum absolute atomic E-state index is 12.4. The molecule has 116 valence electrons. The average Bonchev–Trinajstić information content (AvgIpc) is 2.99. The molecule has 0 aliphatic carbocycles. The van der Waals surface area contributed by atoms with E-state index in [4.69, 9.17) is 14.2 Å². The summed E-state index contributed by atoms with van der Waals surface area (Å²) >= 11 is 0. The van der Waals surface area contributed by atoms with Crippen molar-refractivity contribution in [2.24, 2.45) is 0 Å². The molecular formula is C15H17N3O4. The Labute approximate surface area is 127 Å². The number of aryl methyl sites for hydroxylation is 1. The molecule has 0 saturated carbocycles. The van der Waals surface area contributed by atoms with Crippen LogP contribution in [0.2, 0.25) is 0 Å². The fourth-order valence-corrected chi connectivity index (χ4v) is 2.32. The third-order valence-corrected chi connectivity index (χ3v) is 3.45. The Balaban J connectivity index is 1.84. The van der Waals surface area contributed by atoms with Crippen LogP contribution in [0.5, 0.6) is 17.4 Å². The van der Waals surface area contributed by atoms with Gasteiger partial charge in [-0.1, -0.05) is 0 Å². The quantitative estimate of drug-likeness (QED) is 0.934. The molecule has 0 bridgehead atoms. The number of ether oxygens (including phenoxy) is 3. The standard InChI is InChI=1S/C15H17N3O4/c1-20-10-4-5-12(13(8-10)21-2)17-14(19)11-9-16-18-6-3-7-22-15(11)18/h4-5,8-9H,3,6-7H2,1-2H3,(H,17,19). The molecule has 7 heteroatoms. The molecule has 3 rings (SSSR count). The summed E-state index contributed by atoms with van der Waals surface area (Å²) in [6, 6.07) is 5.19. The van der Waals surface area contributed by atoms with E-state index in [1.54, 1.807) is 30.0 Å². The first-order chi connectivity index (χ1) is 10.7. The van der Waals surface area contributed by atoms with E-state index in [9.17, 15) is 4.79 Å². The van der Waals surface area contributed by atoms with Gasteiger partial charge in [0.2, 0.25) is 5.88 Å². The number of methoxy groups -OCH3 is 2. The van der Waals surface area contributed by atoms with Gasteiger partial charge < -0.3 is 19.5 Å². The van der Waals surface area contributed by atoms with Crippen LogP contribution >= 0.6 is 0 Å². The molecular weight excluding hydrogens is 286 g/mol. The molecule has 7 nitrogen and oxygen atoms in total. The Morgan fingerprint density at radius 2 is 2.23 bits per heavy atom. The summed E-state index contributed by atoms with van der Waals surface area (Å²) < 4.78 is 17.6. The highest BCUT2D eigenvalue weighted by Crippen LogP contribution is 2.30. The third kappa shape index (κ3) is 2.57. The van der Waals surface area contributed by atoms with Crippen LogP contribution in [0.15, 0.2) is 24.4 Å². The van der Waals surface area contributed by atoms with Crippen LogP contribution in [-0.2, 0) is 6.54 Å². The fourth-order valence-electron chi connectivity index (χ4n) is 2.32. The summed E-state index contributed by atoms with van der Waals surface area (Å²) in [7, 11) is 3.11. The summed E-state index contributed by atoms with van der Waals surface area (Å²) in [6.07, 6.45) is 2.41. The number of aromatic nitrogens is 2. The number of fused-ring (bicyclic) bond motifs is 1. The lowest BCUT2D eigenvalue weighted by atomic mass is 10.2. The number of amides is 1. The van der Waals surface area contributed by atoms with Crippen LogP contribution < -0.4 is 19.5 Å². The number of carbonyl (C=O) groups is 1. The van der Waals surface area contributed by atoms with Gasteiger partial charge in [-0.15, -0.1) is 0 Å². The van der Waals surface area contributed by atoms with Crippen molar-refractivity contribution in [3.63, 3.8) is 0 Å². The molecule has 1 amide bonds. The Morgan fingerprint density at radius 1 is 1.36 bits per heavy atom. The second-order valence-electron chi connectivity index (χ2n) is 4.81. The number of anilines is 1. The topological polar surface area (TPSA) is 74.6 Å². The van der Waals surface area contributed by atoms with E-state index in [2.05, 4.69) is 10.4 Å². The van der Waals surface area contributed by atoms with Crippen molar-refractivity contribution >= 4 is 11.6 Å². The fraction of sp³-hybridized carbons (Fsp3) is 0.333. The van der Waals surface area contributed by atoms with E-state index in [0.29, 0.717) is 35.2 Å². The zero-order valence-corrected chi connectivity index (χ0v) is 12.5. The summed E-state index contributed by atoms with van der Waals surface area (Å²) in [5.74, 6) is 1.40. The molecule has 1 N–H and O–H groups in total.